The van der Waals surface area contributed by atoms with E-state index in [2.05, 4.69) is 6.07 Å². The van der Waals surface area contributed by atoms with Gasteiger partial charge in [-0.2, -0.15) is 0 Å². The largest absolute Gasteiger partial charge is 0.496 e. The summed E-state index contributed by atoms with van der Waals surface area (Å²) in [4.78, 5) is 0. The molecule has 1 rings (SSSR count). The van der Waals surface area contributed by atoms with Crippen molar-refractivity contribution in [1.29, 1.82) is 0 Å². The highest BCUT2D eigenvalue weighted by Crippen LogP contribution is 2.22. The molecule has 1 aromatic carbocycles. The fourth-order valence-corrected chi connectivity index (χ4v) is 0.697. The van der Waals surface area contributed by atoms with E-state index in [0.29, 0.717) is 16.5 Å². The summed E-state index contributed by atoms with van der Waals surface area (Å²) in [6, 6.07) is 6.00. The van der Waals surface area contributed by atoms with Gasteiger partial charge in [-0.1, -0.05) is 11.6 Å². The molecule has 0 aliphatic rings. The molecule has 3 heteroatoms. The molecule has 0 fully saturated rings. The summed E-state index contributed by atoms with van der Waals surface area (Å²) in [6.45, 7) is 0. The SMILES string of the molecule is COc1[c]cc(Cl)c(N)c1. The van der Waals surface area contributed by atoms with Crippen LogP contribution in [-0.2, 0) is 0 Å². The number of rotatable bonds is 1. The van der Waals surface area contributed by atoms with Crippen molar-refractivity contribution >= 4 is 17.3 Å². The van der Waals surface area contributed by atoms with Gasteiger partial charge in [-0.3, -0.25) is 0 Å². The highest BCUT2D eigenvalue weighted by molar-refractivity contribution is 6.33. The predicted molar refractivity (Wildman–Crippen MR) is 41.3 cm³/mol. The molecule has 0 heterocycles. The lowest BCUT2D eigenvalue weighted by Crippen LogP contribution is -1.88. The number of halogens is 1. The Bertz CT molecular complexity index is 237. The minimum Gasteiger partial charge on any atom is -0.496 e. The van der Waals surface area contributed by atoms with E-state index in [1.54, 1.807) is 19.2 Å². The second-order valence-corrected chi connectivity index (χ2v) is 2.21. The van der Waals surface area contributed by atoms with Crippen LogP contribution in [0.5, 0.6) is 5.75 Å². The topological polar surface area (TPSA) is 35.2 Å². The summed E-state index contributed by atoms with van der Waals surface area (Å²) >= 11 is 5.63. The fraction of sp³-hybridized carbons (Fsp3) is 0.143. The van der Waals surface area contributed by atoms with Crippen LogP contribution >= 0.6 is 11.6 Å². The van der Waals surface area contributed by atoms with Crippen LogP contribution in [0.3, 0.4) is 0 Å². The van der Waals surface area contributed by atoms with Crippen LogP contribution in [-0.4, -0.2) is 7.11 Å². The monoisotopic (exact) mass is 156 g/mol. The zero-order valence-electron chi connectivity index (χ0n) is 5.52. The Balaban J connectivity index is 3.04. The van der Waals surface area contributed by atoms with E-state index in [1.165, 1.54) is 0 Å². The summed E-state index contributed by atoms with van der Waals surface area (Å²) in [5.74, 6) is 0.599. The molecule has 0 bridgehead atoms. The van der Waals surface area contributed by atoms with Crippen LogP contribution < -0.4 is 10.5 Å². The number of ether oxygens (including phenoxy) is 1. The third-order valence-corrected chi connectivity index (χ3v) is 1.45. The predicted octanol–water partition coefficient (Wildman–Crippen LogP) is 1.73. The smallest absolute Gasteiger partial charge is 0.128 e. The lowest BCUT2D eigenvalue weighted by atomic mass is 10.3. The zero-order valence-corrected chi connectivity index (χ0v) is 6.27. The number of hydrogen-bond donors (Lipinski definition) is 1. The Morgan fingerprint density at radius 2 is 2.40 bits per heavy atom. The van der Waals surface area contributed by atoms with E-state index in [1.807, 2.05) is 0 Å². The van der Waals surface area contributed by atoms with Crippen LogP contribution in [0.2, 0.25) is 5.02 Å². The van der Waals surface area contributed by atoms with Gasteiger partial charge >= 0.3 is 0 Å². The maximum atomic E-state index is 5.63. The summed E-state index contributed by atoms with van der Waals surface area (Å²) in [7, 11) is 1.55. The molecule has 0 unspecified atom stereocenters. The van der Waals surface area contributed by atoms with Gasteiger partial charge in [-0.15, -0.1) is 0 Å². The first-order chi connectivity index (χ1) is 4.74. The minimum atomic E-state index is 0.501. The van der Waals surface area contributed by atoms with Crippen molar-refractivity contribution in [1.82, 2.24) is 0 Å². The highest BCUT2D eigenvalue weighted by atomic mass is 35.5. The van der Waals surface area contributed by atoms with Crippen molar-refractivity contribution in [3.05, 3.63) is 23.2 Å². The summed E-state index contributed by atoms with van der Waals surface area (Å²) in [5, 5.41) is 0.501. The number of hydrogen-bond acceptors (Lipinski definition) is 2. The Labute approximate surface area is 64.6 Å². The molecule has 0 spiro atoms. The van der Waals surface area contributed by atoms with Crippen LogP contribution in [0, 0.1) is 6.07 Å². The van der Waals surface area contributed by atoms with E-state index in [4.69, 9.17) is 22.1 Å². The van der Waals surface area contributed by atoms with Crippen molar-refractivity contribution in [2.24, 2.45) is 0 Å². The lowest BCUT2D eigenvalue weighted by Gasteiger charge is -2.00. The molecule has 10 heavy (non-hydrogen) atoms. The third kappa shape index (κ3) is 1.33. The second kappa shape index (κ2) is 2.80. The van der Waals surface area contributed by atoms with Crippen molar-refractivity contribution in [2.75, 3.05) is 12.8 Å². The number of anilines is 1. The van der Waals surface area contributed by atoms with Gasteiger partial charge in [0.25, 0.3) is 0 Å². The van der Waals surface area contributed by atoms with Gasteiger partial charge in [0.15, 0.2) is 0 Å². The second-order valence-electron chi connectivity index (χ2n) is 1.80. The Hall–Kier alpha value is -0.890. The normalized spacial score (nSPS) is 9.40. The first-order valence-electron chi connectivity index (χ1n) is 2.74. The Morgan fingerprint density at radius 3 is 2.90 bits per heavy atom. The van der Waals surface area contributed by atoms with Crippen molar-refractivity contribution in [3.63, 3.8) is 0 Å². The standard InChI is InChI=1S/C7H7ClNO/c1-10-5-2-3-6(8)7(9)4-5/h3-4H,9H2,1H3. The number of nitrogens with two attached hydrogens (primary N) is 1. The van der Waals surface area contributed by atoms with Gasteiger partial charge in [0.2, 0.25) is 0 Å². The number of benzene rings is 1. The maximum Gasteiger partial charge on any atom is 0.128 e. The number of methoxy groups -OCH3 is 1. The van der Waals surface area contributed by atoms with Gasteiger partial charge in [-0.25, -0.2) is 0 Å². The highest BCUT2D eigenvalue weighted by Gasteiger charge is 1.96. The number of nitrogen functional groups attached to an aromatic ring is 1. The quantitative estimate of drug-likeness (QED) is 0.629. The van der Waals surface area contributed by atoms with Crippen LogP contribution in [0.1, 0.15) is 0 Å². The molecule has 0 amide bonds. The van der Waals surface area contributed by atoms with Crippen LogP contribution in [0.4, 0.5) is 5.69 Å². The van der Waals surface area contributed by atoms with E-state index >= 15 is 0 Å². The Morgan fingerprint density at radius 1 is 1.70 bits per heavy atom. The third-order valence-electron chi connectivity index (χ3n) is 1.12. The average molecular weight is 157 g/mol. The molecule has 0 aliphatic carbocycles. The van der Waals surface area contributed by atoms with Gasteiger partial charge in [0.05, 0.1) is 17.8 Å². The molecular weight excluding hydrogens is 150 g/mol. The van der Waals surface area contributed by atoms with Crippen molar-refractivity contribution < 1.29 is 4.74 Å². The minimum absolute atomic E-state index is 0.501. The molecule has 0 aliphatic heterocycles. The summed E-state index contributed by atoms with van der Waals surface area (Å²) in [6.07, 6.45) is 0. The summed E-state index contributed by atoms with van der Waals surface area (Å²) < 4.78 is 4.86. The van der Waals surface area contributed by atoms with Gasteiger partial charge < -0.3 is 10.5 Å². The molecule has 53 valence electrons. The van der Waals surface area contributed by atoms with Crippen LogP contribution in [0.25, 0.3) is 0 Å². The molecule has 2 N–H and O–H groups in total. The molecular formula is C7H7ClNO. The molecule has 0 aromatic heterocycles. The maximum absolute atomic E-state index is 5.63. The first kappa shape index (κ1) is 7.22. The molecule has 1 aromatic rings. The summed E-state index contributed by atoms with van der Waals surface area (Å²) in [5.41, 5.74) is 5.98. The molecule has 0 atom stereocenters. The fourth-order valence-electron chi connectivity index (χ4n) is 0.588. The van der Waals surface area contributed by atoms with E-state index in [0.717, 1.165) is 0 Å². The Kier molecular flexibility index (Phi) is 2.02. The molecule has 0 saturated carbocycles. The average Bonchev–Trinajstić information content (AvgIpc) is 1.95. The molecule has 0 saturated heterocycles. The van der Waals surface area contributed by atoms with Crippen molar-refractivity contribution in [3.8, 4) is 5.75 Å². The van der Waals surface area contributed by atoms with Gasteiger partial charge in [-0.05, 0) is 6.07 Å². The van der Waals surface area contributed by atoms with E-state index < -0.39 is 0 Å². The first-order valence-corrected chi connectivity index (χ1v) is 3.12. The van der Waals surface area contributed by atoms with Crippen molar-refractivity contribution in [2.45, 2.75) is 0 Å². The lowest BCUT2D eigenvalue weighted by molar-refractivity contribution is 0.414. The van der Waals surface area contributed by atoms with Gasteiger partial charge in [0.1, 0.15) is 5.75 Å². The van der Waals surface area contributed by atoms with E-state index in [-0.39, 0.29) is 0 Å². The molecule has 2 nitrogen and oxygen atoms in total. The van der Waals surface area contributed by atoms with Crippen LogP contribution in [0.15, 0.2) is 12.1 Å². The van der Waals surface area contributed by atoms with E-state index in [9.17, 15) is 0 Å². The zero-order chi connectivity index (χ0) is 7.56. The molecule has 1 radical (unpaired) electrons. The van der Waals surface area contributed by atoms with Gasteiger partial charge in [0, 0.05) is 12.1 Å².